The van der Waals surface area contributed by atoms with Gasteiger partial charge in [-0.1, -0.05) is 50.5 Å². The molecule has 8 nitrogen and oxygen atoms in total. The summed E-state index contributed by atoms with van der Waals surface area (Å²) in [6.45, 7) is 7.44. The number of aromatic amines is 1. The van der Waals surface area contributed by atoms with E-state index >= 15 is 0 Å². The highest BCUT2D eigenvalue weighted by Crippen LogP contribution is 2.33. The summed E-state index contributed by atoms with van der Waals surface area (Å²) in [6, 6.07) is 14.7. The van der Waals surface area contributed by atoms with Gasteiger partial charge in [0.2, 0.25) is 0 Å². The molecular formula is C30H38N6O2. The standard InChI is InChI=1S/C30H38N6O2/c1-5-27(29-32-33-34-36(29)25-9-7-6-8-10-25)35(18-22-12-15-26(38-4)16-13-22)19-24-17-23-14-11-20(2)21(3)28(23)31-30(24)37/h11-17,25,27H,5-10,18-19H2,1-4H3,(H,31,37)/t27-/m0/s1. The van der Waals surface area contributed by atoms with Crippen LogP contribution in [0.2, 0.25) is 0 Å². The Balaban J connectivity index is 1.53. The molecule has 1 aliphatic carbocycles. The Morgan fingerprint density at radius 1 is 1.08 bits per heavy atom. The maximum atomic E-state index is 13.3. The van der Waals surface area contributed by atoms with Crippen molar-refractivity contribution in [2.75, 3.05) is 7.11 Å². The Kier molecular flexibility index (Phi) is 7.88. The van der Waals surface area contributed by atoms with Crippen LogP contribution in [-0.2, 0) is 13.1 Å². The number of benzene rings is 2. The third-order valence-corrected chi connectivity index (χ3v) is 8.11. The van der Waals surface area contributed by atoms with Crippen molar-refractivity contribution in [1.82, 2.24) is 30.1 Å². The van der Waals surface area contributed by atoms with Gasteiger partial charge in [0.25, 0.3) is 5.56 Å². The van der Waals surface area contributed by atoms with Gasteiger partial charge in [-0.25, -0.2) is 4.68 Å². The number of aromatic nitrogens is 5. The number of H-pyrrole nitrogens is 1. The maximum absolute atomic E-state index is 13.3. The highest BCUT2D eigenvalue weighted by molar-refractivity contribution is 5.83. The SMILES string of the molecule is CC[C@@H](c1nnnn1C1CCCCC1)N(Cc1ccc(OC)cc1)Cc1cc2ccc(C)c(C)c2[nH]c1=O. The van der Waals surface area contributed by atoms with Crippen LogP contribution >= 0.6 is 0 Å². The number of hydrogen-bond donors (Lipinski definition) is 1. The second-order valence-electron chi connectivity index (χ2n) is 10.5. The summed E-state index contributed by atoms with van der Waals surface area (Å²) in [5.74, 6) is 1.71. The summed E-state index contributed by atoms with van der Waals surface area (Å²) in [4.78, 5) is 18.8. The first-order valence-corrected chi connectivity index (χ1v) is 13.7. The molecule has 200 valence electrons. The van der Waals surface area contributed by atoms with Crippen molar-refractivity contribution < 1.29 is 4.74 Å². The number of nitrogens with one attached hydrogen (secondary N) is 1. The highest BCUT2D eigenvalue weighted by atomic mass is 16.5. The van der Waals surface area contributed by atoms with E-state index in [0.29, 0.717) is 19.1 Å². The van der Waals surface area contributed by atoms with Crippen LogP contribution in [0.25, 0.3) is 10.9 Å². The van der Waals surface area contributed by atoms with Gasteiger partial charge in [0.1, 0.15) is 5.75 Å². The lowest BCUT2D eigenvalue weighted by Crippen LogP contribution is -2.33. The minimum absolute atomic E-state index is 0.0381. The van der Waals surface area contributed by atoms with Crippen LogP contribution in [0.4, 0.5) is 0 Å². The van der Waals surface area contributed by atoms with E-state index in [2.05, 4.69) is 75.1 Å². The first kappa shape index (κ1) is 26.1. The number of aryl methyl sites for hydroxylation is 2. The van der Waals surface area contributed by atoms with Crippen LogP contribution in [0.15, 0.2) is 47.3 Å². The van der Waals surface area contributed by atoms with Gasteiger partial charge in [0, 0.05) is 18.7 Å². The predicted octanol–water partition coefficient (Wildman–Crippen LogP) is 5.80. The van der Waals surface area contributed by atoms with E-state index in [1.54, 1.807) is 7.11 Å². The first-order chi connectivity index (χ1) is 18.5. The van der Waals surface area contributed by atoms with Gasteiger partial charge in [-0.3, -0.25) is 9.69 Å². The molecule has 8 heteroatoms. The molecule has 0 bridgehead atoms. The van der Waals surface area contributed by atoms with Gasteiger partial charge in [0.15, 0.2) is 5.82 Å². The number of fused-ring (bicyclic) bond motifs is 1. The largest absolute Gasteiger partial charge is 0.497 e. The van der Waals surface area contributed by atoms with Crippen molar-refractivity contribution in [3.63, 3.8) is 0 Å². The molecule has 0 saturated heterocycles. The molecule has 0 unspecified atom stereocenters. The van der Waals surface area contributed by atoms with Crippen molar-refractivity contribution in [3.05, 3.63) is 80.9 Å². The molecule has 1 N–H and O–H groups in total. The normalized spacial score (nSPS) is 15.3. The molecule has 0 aliphatic heterocycles. The number of pyridine rings is 1. The minimum Gasteiger partial charge on any atom is -0.497 e. The van der Waals surface area contributed by atoms with Crippen molar-refractivity contribution in [1.29, 1.82) is 0 Å². The summed E-state index contributed by atoms with van der Waals surface area (Å²) in [7, 11) is 1.68. The zero-order chi connectivity index (χ0) is 26.6. The Bertz CT molecular complexity index is 1440. The molecule has 5 rings (SSSR count). The number of tetrazole rings is 1. The fourth-order valence-electron chi connectivity index (χ4n) is 5.76. The third-order valence-electron chi connectivity index (χ3n) is 8.11. The van der Waals surface area contributed by atoms with Crippen LogP contribution in [0.1, 0.15) is 85.6 Å². The molecule has 2 aromatic carbocycles. The minimum atomic E-state index is -0.0485. The highest BCUT2D eigenvalue weighted by Gasteiger charge is 2.29. The van der Waals surface area contributed by atoms with Gasteiger partial charge < -0.3 is 9.72 Å². The lowest BCUT2D eigenvalue weighted by atomic mass is 9.95. The lowest BCUT2D eigenvalue weighted by Gasteiger charge is -2.32. The Hall–Kier alpha value is -3.52. The summed E-state index contributed by atoms with van der Waals surface area (Å²) in [6.07, 6.45) is 6.74. The molecule has 2 aromatic heterocycles. The van der Waals surface area contributed by atoms with Crippen LogP contribution in [0.3, 0.4) is 0 Å². The predicted molar refractivity (Wildman–Crippen MR) is 149 cm³/mol. The van der Waals surface area contributed by atoms with Crippen molar-refractivity contribution >= 4 is 10.9 Å². The molecule has 1 saturated carbocycles. The zero-order valence-corrected chi connectivity index (χ0v) is 22.9. The average Bonchev–Trinajstić information content (AvgIpc) is 3.42. The number of methoxy groups -OCH3 is 1. The third kappa shape index (κ3) is 5.36. The number of ether oxygens (including phenoxy) is 1. The first-order valence-electron chi connectivity index (χ1n) is 13.7. The average molecular weight is 515 g/mol. The van der Waals surface area contributed by atoms with Gasteiger partial charge in [-0.2, -0.15) is 0 Å². The molecular weight excluding hydrogens is 476 g/mol. The molecule has 1 atom stereocenters. The van der Waals surface area contributed by atoms with Gasteiger partial charge in [0.05, 0.1) is 24.7 Å². The Morgan fingerprint density at radius 2 is 1.84 bits per heavy atom. The lowest BCUT2D eigenvalue weighted by molar-refractivity contribution is 0.155. The molecule has 0 radical (unpaired) electrons. The topological polar surface area (TPSA) is 88.9 Å². The van der Waals surface area contributed by atoms with Gasteiger partial charge >= 0.3 is 0 Å². The van der Waals surface area contributed by atoms with E-state index in [1.807, 2.05) is 18.2 Å². The fourth-order valence-corrected chi connectivity index (χ4v) is 5.76. The van der Waals surface area contributed by atoms with E-state index in [0.717, 1.165) is 58.4 Å². The van der Waals surface area contributed by atoms with Gasteiger partial charge in [-0.05, 0) is 83.8 Å². The molecule has 1 aliphatic rings. The number of rotatable bonds is 9. The van der Waals surface area contributed by atoms with Crippen LogP contribution in [-0.4, -0.2) is 37.2 Å². The molecule has 1 fully saturated rings. The quantitative estimate of drug-likeness (QED) is 0.304. The van der Waals surface area contributed by atoms with E-state index < -0.39 is 0 Å². The van der Waals surface area contributed by atoms with Crippen LogP contribution in [0, 0.1) is 13.8 Å². The summed E-state index contributed by atoms with van der Waals surface area (Å²) >= 11 is 0. The zero-order valence-electron chi connectivity index (χ0n) is 22.9. The van der Waals surface area contributed by atoms with Crippen LogP contribution in [0.5, 0.6) is 5.75 Å². The number of hydrogen-bond acceptors (Lipinski definition) is 6. The van der Waals surface area contributed by atoms with Crippen molar-refractivity contribution in [2.45, 2.75) is 84.5 Å². The van der Waals surface area contributed by atoms with E-state index in [4.69, 9.17) is 4.74 Å². The van der Waals surface area contributed by atoms with E-state index in [9.17, 15) is 4.79 Å². The van der Waals surface area contributed by atoms with Crippen molar-refractivity contribution in [3.8, 4) is 5.75 Å². The van der Waals surface area contributed by atoms with E-state index in [1.165, 1.54) is 24.8 Å². The second-order valence-corrected chi connectivity index (χ2v) is 10.5. The molecule has 38 heavy (non-hydrogen) atoms. The fraction of sp³-hybridized carbons (Fsp3) is 0.467. The Labute approximate surface area is 224 Å². The molecule has 0 amide bonds. The van der Waals surface area contributed by atoms with Crippen LogP contribution < -0.4 is 10.3 Å². The molecule has 2 heterocycles. The molecule has 4 aromatic rings. The number of nitrogens with zero attached hydrogens (tertiary/aromatic N) is 5. The van der Waals surface area contributed by atoms with E-state index in [-0.39, 0.29) is 11.6 Å². The van der Waals surface area contributed by atoms with Gasteiger partial charge in [-0.15, -0.1) is 5.10 Å². The van der Waals surface area contributed by atoms with Crippen molar-refractivity contribution in [2.24, 2.45) is 0 Å². The smallest absolute Gasteiger partial charge is 0.252 e. The Morgan fingerprint density at radius 3 is 2.55 bits per heavy atom. The summed E-state index contributed by atoms with van der Waals surface area (Å²) in [5.41, 5.74) is 5.03. The molecule has 0 spiro atoms. The monoisotopic (exact) mass is 514 g/mol. The summed E-state index contributed by atoms with van der Waals surface area (Å²) < 4.78 is 7.43. The maximum Gasteiger partial charge on any atom is 0.252 e. The summed E-state index contributed by atoms with van der Waals surface area (Å²) in [5, 5.41) is 14.2. The second kappa shape index (κ2) is 11.5.